The van der Waals surface area contributed by atoms with Crippen molar-refractivity contribution in [2.45, 2.75) is 34.1 Å². The van der Waals surface area contributed by atoms with Gasteiger partial charge >= 0.3 is 0 Å². The Bertz CT molecular complexity index is 194. The maximum atomic E-state index is 2.31. The van der Waals surface area contributed by atoms with E-state index in [0.717, 1.165) is 0 Å². The molecular formula is C10H16. The lowest BCUT2D eigenvalue weighted by Crippen LogP contribution is -1.95. The van der Waals surface area contributed by atoms with Crippen LogP contribution in [0.25, 0.3) is 0 Å². The van der Waals surface area contributed by atoms with Crippen molar-refractivity contribution in [1.29, 1.82) is 0 Å². The largest absolute Gasteiger partial charge is 0.0662 e. The molecule has 0 aromatic rings. The molecule has 0 heterocycles. The molecule has 56 valence electrons. The van der Waals surface area contributed by atoms with Crippen molar-refractivity contribution in [3.8, 4) is 0 Å². The lowest BCUT2D eigenvalue weighted by Gasteiger charge is -2.09. The second-order valence-electron chi connectivity index (χ2n) is 3.17. The van der Waals surface area contributed by atoms with Crippen molar-refractivity contribution in [3.05, 3.63) is 22.8 Å². The quantitative estimate of drug-likeness (QED) is 0.518. The molecule has 1 aliphatic carbocycles. The average Bonchev–Trinajstić information content (AvgIpc) is 2.09. The summed E-state index contributed by atoms with van der Waals surface area (Å²) < 4.78 is 0. The van der Waals surface area contributed by atoms with E-state index in [1.165, 1.54) is 17.6 Å². The Morgan fingerprint density at radius 2 is 2.00 bits per heavy atom. The minimum absolute atomic E-state index is 0.713. The highest BCUT2D eigenvalue weighted by atomic mass is 14.2. The summed E-state index contributed by atoms with van der Waals surface area (Å²) in [4.78, 5) is 0. The van der Waals surface area contributed by atoms with Crippen LogP contribution in [0.1, 0.15) is 34.1 Å². The second kappa shape index (κ2) is 2.61. The number of allylic oxidation sites excluding steroid dienone is 4. The van der Waals surface area contributed by atoms with Crippen molar-refractivity contribution >= 4 is 0 Å². The normalized spacial score (nSPS) is 25.6. The average molecular weight is 136 g/mol. The SMILES string of the molecule is CCC1=C(C)C=C(C)C1C. The first-order valence-electron chi connectivity index (χ1n) is 4.04. The van der Waals surface area contributed by atoms with E-state index in [1.54, 1.807) is 5.57 Å². The zero-order chi connectivity index (χ0) is 7.72. The summed E-state index contributed by atoms with van der Waals surface area (Å²) in [5.74, 6) is 0.713. The van der Waals surface area contributed by atoms with E-state index in [9.17, 15) is 0 Å². The molecule has 0 aliphatic heterocycles. The molecule has 0 fully saturated rings. The molecule has 1 atom stereocenters. The van der Waals surface area contributed by atoms with E-state index in [1.807, 2.05) is 0 Å². The lowest BCUT2D eigenvalue weighted by atomic mass is 9.96. The first kappa shape index (κ1) is 7.59. The first-order chi connectivity index (χ1) is 4.66. The monoisotopic (exact) mass is 136 g/mol. The summed E-state index contributed by atoms with van der Waals surface area (Å²) >= 11 is 0. The lowest BCUT2D eigenvalue weighted by molar-refractivity contribution is 0.775. The van der Waals surface area contributed by atoms with Crippen molar-refractivity contribution in [3.63, 3.8) is 0 Å². The molecule has 0 spiro atoms. The Labute approximate surface area is 63.6 Å². The zero-order valence-corrected chi connectivity index (χ0v) is 7.36. The van der Waals surface area contributed by atoms with Gasteiger partial charge in [0.1, 0.15) is 0 Å². The molecule has 1 rings (SSSR count). The van der Waals surface area contributed by atoms with Crippen molar-refractivity contribution in [1.82, 2.24) is 0 Å². The first-order valence-corrected chi connectivity index (χ1v) is 4.04. The summed E-state index contributed by atoms with van der Waals surface area (Å²) in [6.45, 7) is 8.96. The van der Waals surface area contributed by atoms with Crippen LogP contribution in [0.4, 0.5) is 0 Å². The predicted octanol–water partition coefficient (Wildman–Crippen LogP) is 3.31. The van der Waals surface area contributed by atoms with Gasteiger partial charge in [-0.2, -0.15) is 0 Å². The fourth-order valence-electron chi connectivity index (χ4n) is 1.76. The summed E-state index contributed by atoms with van der Waals surface area (Å²) in [6, 6.07) is 0. The van der Waals surface area contributed by atoms with Crippen molar-refractivity contribution in [2.24, 2.45) is 5.92 Å². The topological polar surface area (TPSA) is 0 Å². The molecule has 0 bridgehead atoms. The Morgan fingerprint density at radius 1 is 1.40 bits per heavy atom. The Balaban J connectivity index is 2.87. The number of rotatable bonds is 1. The van der Waals surface area contributed by atoms with Gasteiger partial charge in [-0.25, -0.2) is 0 Å². The summed E-state index contributed by atoms with van der Waals surface area (Å²) in [5, 5.41) is 0. The van der Waals surface area contributed by atoms with Crippen LogP contribution in [-0.2, 0) is 0 Å². The van der Waals surface area contributed by atoms with E-state index in [-0.39, 0.29) is 0 Å². The second-order valence-corrected chi connectivity index (χ2v) is 3.17. The molecule has 10 heavy (non-hydrogen) atoms. The molecule has 0 saturated carbocycles. The molecule has 1 unspecified atom stereocenters. The molecule has 0 N–H and O–H groups in total. The Hall–Kier alpha value is -0.520. The van der Waals surface area contributed by atoms with Crippen LogP contribution in [0.3, 0.4) is 0 Å². The Morgan fingerprint density at radius 3 is 2.20 bits per heavy atom. The molecule has 0 saturated heterocycles. The van der Waals surface area contributed by atoms with E-state index >= 15 is 0 Å². The van der Waals surface area contributed by atoms with E-state index < -0.39 is 0 Å². The minimum Gasteiger partial charge on any atom is -0.0662 e. The molecular weight excluding hydrogens is 120 g/mol. The van der Waals surface area contributed by atoms with Crippen LogP contribution in [0.15, 0.2) is 22.8 Å². The van der Waals surface area contributed by atoms with Gasteiger partial charge in [-0.05, 0) is 26.2 Å². The standard InChI is InChI=1S/C10H16/c1-5-10-8(3)6-7(2)9(10)4/h6,9H,5H2,1-4H3. The summed E-state index contributed by atoms with van der Waals surface area (Å²) in [6.07, 6.45) is 3.52. The Kier molecular flexibility index (Phi) is 1.98. The highest BCUT2D eigenvalue weighted by Gasteiger charge is 2.16. The predicted molar refractivity (Wildman–Crippen MR) is 45.9 cm³/mol. The molecule has 0 nitrogen and oxygen atoms in total. The third kappa shape index (κ3) is 1.03. The maximum absolute atomic E-state index is 2.31. The van der Waals surface area contributed by atoms with Crippen LogP contribution < -0.4 is 0 Å². The van der Waals surface area contributed by atoms with Gasteiger partial charge in [0.05, 0.1) is 0 Å². The van der Waals surface area contributed by atoms with E-state index in [0.29, 0.717) is 5.92 Å². The van der Waals surface area contributed by atoms with Crippen LogP contribution in [0.5, 0.6) is 0 Å². The van der Waals surface area contributed by atoms with E-state index in [4.69, 9.17) is 0 Å². The van der Waals surface area contributed by atoms with Gasteiger partial charge in [-0.3, -0.25) is 0 Å². The van der Waals surface area contributed by atoms with Gasteiger partial charge in [0, 0.05) is 0 Å². The van der Waals surface area contributed by atoms with Gasteiger partial charge in [0.15, 0.2) is 0 Å². The molecule has 1 aliphatic rings. The van der Waals surface area contributed by atoms with Crippen molar-refractivity contribution < 1.29 is 0 Å². The van der Waals surface area contributed by atoms with Gasteiger partial charge in [0.2, 0.25) is 0 Å². The van der Waals surface area contributed by atoms with Crippen molar-refractivity contribution in [2.75, 3.05) is 0 Å². The highest BCUT2D eigenvalue weighted by molar-refractivity contribution is 5.39. The molecule has 0 aromatic carbocycles. The fourth-order valence-corrected chi connectivity index (χ4v) is 1.76. The van der Waals surface area contributed by atoms with Gasteiger partial charge in [0.25, 0.3) is 0 Å². The third-order valence-corrected chi connectivity index (χ3v) is 2.54. The molecule has 0 heteroatoms. The summed E-state index contributed by atoms with van der Waals surface area (Å²) in [7, 11) is 0. The van der Waals surface area contributed by atoms with E-state index in [2.05, 4.69) is 33.8 Å². The highest BCUT2D eigenvalue weighted by Crippen LogP contribution is 2.32. The maximum Gasteiger partial charge on any atom is -0.00154 e. The van der Waals surface area contributed by atoms with Gasteiger partial charge < -0.3 is 0 Å². The molecule has 0 amide bonds. The minimum atomic E-state index is 0.713. The third-order valence-electron chi connectivity index (χ3n) is 2.54. The van der Waals surface area contributed by atoms with Crippen LogP contribution in [0, 0.1) is 5.92 Å². The fraction of sp³-hybridized carbons (Fsp3) is 0.600. The molecule has 0 radical (unpaired) electrons. The van der Waals surface area contributed by atoms with Crippen LogP contribution in [-0.4, -0.2) is 0 Å². The van der Waals surface area contributed by atoms with Gasteiger partial charge in [-0.1, -0.05) is 36.6 Å². The van der Waals surface area contributed by atoms with Crippen LogP contribution >= 0.6 is 0 Å². The number of hydrogen-bond acceptors (Lipinski definition) is 0. The van der Waals surface area contributed by atoms with Crippen LogP contribution in [0.2, 0.25) is 0 Å². The zero-order valence-electron chi connectivity index (χ0n) is 7.36. The summed E-state index contributed by atoms with van der Waals surface area (Å²) in [5.41, 5.74) is 4.64. The number of hydrogen-bond donors (Lipinski definition) is 0. The van der Waals surface area contributed by atoms with Gasteiger partial charge in [-0.15, -0.1) is 0 Å². The smallest absolute Gasteiger partial charge is 0.00154 e. The molecule has 0 aromatic heterocycles.